The first-order chi connectivity index (χ1) is 7.98. The Labute approximate surface area is 101 Å². The highest BCUT2D eigenvalue weighted by molar-refractivity contribution is 6.05. The van der Waals surface area contributed by atoms with Gasteiger partial charge < -0.3 is 21.0 Å². The number of carbonyl (C=O) groups excluding carboxylic acids is 1. The monoisotopic (exact) mass is 243 g/mol. The summed E-state index contributed by atoms with van der Waals surface area (Å²) in [4.78, 5) is 11.8. The molecular weight excluding hydrogens is 222 g/mol. The number of ether oxygens (including phenoxy) is 1. The number of nitrogens with one attached hydrogen (secondary N) is 1. The second-order valence-corrected chi connectivity index (χ2v) is 4.88. The lowest BCUT2D eigenvalue weighted by Gasteiger charge is -2.22. The van der Waals surface area contributed by atoms with Gasteiger partial charge in [-0.3, -0.25) is 4.79 Å². The largest absolute Gasteiger partial charge is 0.409 e. The Kier molecular flexibility index (Phi) is 4.74. The second kappa shape index (κ2) is 5.86. The topological polar surface area (TPSA) is 96.9 Å². The van der Waals surface area contributed by atoms with E-state index >= 15 is 0 Å². The van der Waals surface area contributed by atoms with E-state index in [2.05, 4.69) is 10.5 Å². The summed E-state index contributed by atoms with van der Waals surface area (Å²) in [5.41, 5.74) is 4.48. The molecule has 0 spiro atoms. The first kappa shape index (κ1) is 13.8. The zero-order valence-corrected chi connectivity index (χ0v) is 10.4. The molecule has 0 radical (unpaired) electrons. The molecular formula is C11H21N3O3. The number of rotatable bonds is 5. The van der Waals surface area contributed by atoms with Gasteiger partial charge in [0.25, 0.3) is 0 Å². The Morgan fingerprint density at radius 3 is 2.88 bits per heavy atom. The van der Waals surface area contributed by atoms with Crippen LogP contribution >= 0.6 is 0 Å². The fourth-order valence-corrected chi connectivity index (χ4v) is 1.66. The molecule has 0 saturated carbocycles. The number of hydrogen-bond donors (Lipinski definition) is 3. The zero-order valence-electron chi connectivity index (χ0n) is 10.4. The van der Waals surface area contributed by atoms with Crippen LogP contribution < -0.4 is 11.1 Å². The molecule has 1 aliphatic rings. The molecule has 1 saturated heterocycles. The van der Waals surface area contributed by atoms with Crippen molar-refractivity contribution >= 4 is 11.7 Å². The van der Waals surface area contributed by atoms with E-state index in [1.165, 1.54) is 0 Å². The highest BCUT2D eigenvalue weighted by Gasteiger charge is 2.32. The fraction of sp³-hybridized carbons (Fsp3) is 0.818. The Morgan fingerprint density at radius 1 is 1.65 bits per heavy atom. The van der Waals surface area contributed by atoms with Crippen molar-refractivity contribution in [2.45, 2.75) is 26.7 Å². The molecule has 1 amide bonds. The third-order valence-electron chi connectivity index (χ3n) is 3.18. The van der Waals surface area contributed by atoms with Crippen LogP contribution in [0.4, 0.5) is 0 Å². The van der Waals surface area contributed by atoms with Crippen LogP contribution in [-0.4, -0.2) is 36.7 Å². The molecule has 98 valence electrons. The standard InChI is InChI=1S/C11H21N3O3/c1-11(2,9(12)14-16)10(15)13-5-3-8-4-6-17-7-8/h8,16H,3-7H2,1-2H3,(H2,12,14)(H,13,15). The molecule has 1 atom stereocenters. The number of amides is 1. The summed E-state index contributed by atoms with van der Waals surface area (Å²) in [6, 6.07) is 0. The molecule has 1 heterocycles. The van der Waals surface area contributed by atoms with Crippen molar-refractivity contribution < 1.29 is 14.7 Å². The summed E-state index contributed by atoms with van der Waals surface area (Å²) >= 11 is 0. The smallest absolute Gasteiger partial charge is 0.233 e. The van der Waals surface area contributed by atoms with Gasteiger partial charge in [-0.25, -0.2) is 0 Å². The summed E-state index contributed by atoms with van der Waals surface area (Å²) in [7, 11) is 0. The summed E-state index contributed by atoms with van der Waals surface area (Å²) < 4.78 is 5.25. The van der Waals surface area contributed by atoms with E-state index in [-0.39, 0.29) is 11.7 Å². The zero-order chi connectivity index (χ0) is 12.9. The molecule has 17 heavy (non-hydrogen) atoms. The van der Waals surface area contributed by atoms with Crippen LogP contribution in [-0.2, 0) is 9.53 Å². The molecule has 0 aromatic carbocycles. The number of amidine groups is 1. The van der Waals surface area contributed by atoms with Crippen LogP contribution in [0.5, 0.6) is 0 Å². The Hall–Kier alpha value is -1.30. The van der Waals surface area contributed by atoms with Gasteiger partial charge in [-0.1, -0.05) is 5.16 Å². The fourth-order valence-electron chi connectivity index (χ4n) is 1.66. The maximum absolute atomic E-state index is 11.8. The van der Waals surface area contributed by atoms with Gasteiger partial charge in [0.1, 0.15) is 5.41 Å². The second-order valence-electron chi connectivity index (χ2n) is 4.88. The molecule has 1 fully saturated rings. The molecule has 0 aromatic rings. The van der Waals surface area contributed by atoms with E-state index in [0.29, 0.717) is 12.5 Å². The normalized spacial score (nSPS) is 21.5. The number of nitrogens with two attached hydrogens (primary N) is 1. The predicted octanol–water partition coefficient (Wildman–Crippen LogP) is 0.302. The van der Waals surface area contributed by atoms with Gasteiger partial charge in [0.2, 0.25) is 5.91 Å². The minimum Gasteiger partial charge on any atom is -0.409 e. The number of oxime groups is 1. The van der Waals surface area contributed by atoms with Crippen LogP contribution in [0.2, 0.25) is 0 Å². The van der Waals surface area contributed by atoms with Crippen molar-refractivity contribution in [1.82, 2.24) is 5.32 Å². The van der Waals surface area contributed by atoms with Gasteiger partial charge in [0.15, 0.2) is 5.84 Å². The molecule has 6 heteroatoms. The van der Waals surface area contributed by atoms with E-state index in [0.717, 1.165) is 26.1 Å². The minimum absolute atomic E-state index is 0.0841. The number of nitrogens with zero attached hydrogens (tertiary/aromatic N) is 1. The summed E-state index contributed by atoms with van der Waals surface area (Å²) in [6.07, 6.45) is 1.96. The molecule has 4 N–H and O–H groups in total. The number of hydrogen-bond acceptors (Lipinski definition) is 4. The molecule has 1 aliphatic heterocycles. The maximum Gasteiger partial charge on any atom is 0.233 e. The van der Waals surface area contributed by atoms with E-state index in [1.54, 1.807) is 13.8 Å². The van der Waals surface area contributed by atoms with Crippen molar-refractivity contribution in [3.8, 4) is 0 Å². The average molecular weight is 243 g/mol. The van der Waals surface area contributed by atoms with E-state index in [4.69, 9.17) is 15.7 Å². The van der Waals surface area contributed by atoms with Crippen LogP contribution in [0.15, 0.2) is 5.16 Å². The van der Waals surface area contributed by atoms with Crippen molar-refractivity contribution in [2.24, 2.45) is 22.2 Å². The van der Waals surface area contributed by atoms with Crippen molar-refractivity contribution in [3.05, 3.63) is 0 Å². The highest BCUT2D eigenvalue weighted by atomic mass is 16.5. The highest BCUT2D eigenvalue weighted by Crippen LogP contribution is 2.17. The van der Waals surface area contributed by atoms with Gasteiger partial charge in [-0.05, 0) is 32.6 Å². The molecule has 1 rings (SSSR count). The van der Waals surface area contributed by atoms with Gasteiger partial charge in [0.05, 0.1) is 0 Å². The molecule has 6 nitrogen and oxygen atoms in total. The lowest BCUT2D eigenvalue weighted by molar-refractivity contribution is -0.126. The maximum atomic E-state index is 11.8. The molecule has 0 aliphatic carbocycles. The first-order valence-electron chi connectivity index (χ1n) is 5.82. The van der Waals surface area contributed by atoms with Crippen molar-refractivity contribution in [2.75, 3.05) is 19.8 Å². The quantitative estimate of drug-likeness (QED) is 0.280. The molecule has 0 aromatic heterocycles. The lowest BCUT2D eigenvalue weighted by Crippen LogP contribution is -2.46. The van der Waals surface area contributed by atoms with Crippen molar-refractivity contribution in [1.29, 1.82) is 0 Å². The average Bonchev–Trinajstić information content (AvgIpc) is 2.80. The third-order valence-corrected chi connectivity index (χ3v) is 3.18. The van der Waals surface area contributed by atoms with Gasteiger partial charge in [-0.15, -0.1) is 0 Å². The van der Waals surface area contributed by atoms with E-state index < -0.39 is 5.41 Å². The van der Waals surface area contributed by atoms with Gasteiger partial charge in [0, 0.05) is 19.8 Å². The van der Waals surface area contributed by atoms with Gasteiger partial charge in [-0.2, -0.15) is 0 Å². The first-order valence-corrected chi connectivity index (χ1v) is 5.82. The third kappa shape index (κ3) is 3.59. The van der Waals surface area contributed by atoms with E-state index in [1.807, 2.05) is 0 Å². The van der Waals surface area contributed by atoms with Crippen molar-refractivity contribution in [3.63, 3.8) is 0 Å². The predicted molar refractivity (Wildman–Crippen MR) is 63.7 cm³/mol. The van der Waals surface area contributed by atoms with Crippen LogP contribution in [0.25, 0.3) is 0 Å². The minimum atomic E-state index is -0.985. The van der Waals surface area contributed by atoms with Crippen LogP contribution in [0.1, 0.15) is 26.7 Å². The van der Waals surface area contributed by atoms with Crippen LogP contribution in [0.3, 0.4) is 0 Å². The summed E-state index contributed by atoms with van der Waals surface area (Å²) in [6.45, 7) is 5.43. The van der Waals surface area contributed by atoms with E-state index in [9.17, 15) is 4.79 Å². The Bertz CT molecular complexity index is 296. The lowest BCUT2D eigenvalue weighted by atomic mass is 9.91. The molecule has 1 unspecified atom stereocenters. The molecule has 0 bridgehead atoms. The summed E-state index contributed by atoms with van der Waals surface area (Å²) in [5.74, 6) is 0.216. The number of carbonyl (C=O) groups is 1. The SMILES string of the molecule is CC(C)(C(=O)NCCC1CCOC1)C(N)=NO. The Morgan fingerprint density at radius 2 is 2.35 bits per heavy atom. The van der Waals surface area contributed by atoms with Crippen LogP contribution in [0, 0.1) is 11.3 Å². The van der Waals surface area contributed by atoms with Gasteiger partial charge >= 0.3 is 0 Å². The Balaban J connectivity index is 2.33. The summed E-state index contributed by atoms with van der Waals surface area (Å²) in [5, 5.41) is 14.3.